The van der Waals surface area contributed by atoms with Crippen molar-refractivity contribution in [2.24, 2.45) is 0 Å². The lowest BCUT2D eigenvalue weighted by Crippen LogP contribution is -2.46. The molecule has 3 N–H and O–H groups in total. The van der Waals surface area contributed by atoms with E-state index in [1.165, 1.54) is 17.4 Å². The van der Waals surface area contributed by atoms with E-state index in [1.54, 1.807) is 14.1 Å². The number of rotatable bonds is 4. The van der Waals surface area contributed by atoms with Crippen LogP contribution in [0.5, 0.6) is 0 Å². The zero-order valence-corrected chi connectivity index (χ0v) is 9.10. The quantitative estimate of drug-likeness (QED) is 0.655. The van der Waals surface area contributed by atoms with E-state index in [9.17, 15) is 9.59 Å². The van der Waals surface area contributed by atoms with Crippen LogP contribution < -0.4 is 5.32 Å². The summed E-state index contributed by atoms with van der Waals surface area (Å²) in [7, 11) is 3.09. The lowest BCUT2D eigenvalue weighted by Gasteiger charge is -2.17. The Morgan fingerprint density at radius 1 is 1.62 bits per heavy atom. The van der Waals surface area contributed by atoms with Crippen LogP contribution in [0.3, 0.4) is 0 Å². The molecule has 1 aromatic heterocycles. The van der Waals surface area contributed by atoms with Crippen LogP contribution in [0.15, 0.2) is 12.5 Å². The topological polar surface area (TPSA) is 98.3 Å². The van der Waals surface area contributed by atoms with Crippen molar-refractivity contribution in [3.63, 3.8) is 0 Å². The second-order valence-electron chi connectivity index (χ2n) is 3.52. The van der Waals surface area contributed by atoms with Gasteiger partial charge in [0.15, 0.2) is 0 Å². The van der Waals surface area contributed by atoms with E-state index in [0.29, 0.717) is 5.69 Å². The molecule has 0 aliphatic rings. The molecule has 0 aliphatic heterocycles. The van der Waals surface area contributed by atoms with E-state index in [4.69, 9.17) is 5.11 Å². The van der Waals surface area contributed by atoms with Crippen molar-refractivity contribution in [1.82, 2.24) is 20.2 Å². The van der Waals surface area contributed by atoms with Crippen molar-refractivity contribution in [2.45, 2.75) is 12.5 Å². The maximum absolute atomic E-state index is 11.3. The van der Waals surface area contributed by atoms with E-state index in [2.05, 4.69) is 15.3 Å². The minimum absolute atomic E-state index is 0.176. The van der Waals surface area contributed by atoms with Crippen molar-refractivity contribution in [3.05, 3.63) is 18.2 Å². The minimum Gasteiger partial charge on any atom is -0.480 e. The maximum Gasteiger partial charge on any atom is 0.326 e. The molecule has 0 radical (unpaired) electrons. The third kappa shape index (κ3) is 3.26. The highest BCUT2D eigenvalue weighted by Gasteiger charge is 2.21. The number of hydrogen-bond acceptors (Lipinski definition) is 3. The summed E-state index contributed by atoms with van der Waals surface area (Å²) in [4.78, 5) is 30.1. The molecule has 16 heavy (non-hydrogen) atoms. The van der Waals surface area contributed by atoms with E-state index in [1.807, 2.05) is 0 Å². The second kappa shape index (κ2) is 5.15. The van der Waals surface area contributed by atoms with Crippen LogP contribution in [0.25, 0.3) is 0 Å². The van der Waals surface area contributed by atoms with E-state index in [0.717, 1.165) is 0 Å². The highest BCUT2D eigenvalue weighted by atomic mass is 16.4. The van der Waals surface area contributed by atoms with Gasteiger partial charge in [-0.2, -0.15) is 0 Å². The zero-order valence-electron chi connectivity index (χ0n) is 9.10. The Balaban J connectivity index is 2.62. The molecule has 0 aliphatic carbocycles. The first-order valence-electron chi connectivity index (χ1n) is 4.68. The van der Waals surface area contributed by atoms with Gasteiger partial charge in [0.1, 0.15) is 6.04 Å². The average molecular weight is 226 g/mol. The number of urea groups is 1. The Bertz CT molecular complexity index is 361. The van der Waals surface area contributed by atoms with Crippen molar-refractivity contribution in [3.8, 4) is 0 Å². The Morgan fingerprint density at radius 3 is 2.75 bits per heavy atom. The van der Waals surface area contributed by atoms with Crippen LogP contribution >= 0.6 is 0 Å². The van der Waals surface area contributed by atoms with Crippen LogP contribution in [0.2, 0.25) is 0 Å². The van der Waals surface area contributed by atoms with Gasteiger partial charge in [0.2, 0.25) is 0 Å². The van der Waals surface area contributed by atoms with E-state index in [-0.39, 0.29) is 6.42 Å². The number of carbonyl (C=O) groups is 2. The molecule has 0 fully saturated rings. The molecule has 0 bridgehead atoms. The Kier molecular flexibility index (Phi) is 3.87. The van der Waals surface area contributed by atoms with Gasteiger partial charge < -0.3 is 20.3 Å². The molecule has 0 aromatic carbocycles. The first-order chi connectivity index (χ1) is 7.50. The Labute approximate surface area is 92.5 Å². The van der Waals surface area contributed by atoms with Crippen molar-refractivity contribution >= 4 is 12.0 Å². The summed E-state index contributed by atoms with van der Waals surface area (Å²) in [6.07, 6.45) is 3.16. The van der Waals surface area contributed by atoms with Gasteiger partial charge in [-0.05, 0) is 0 Å². The van der Waals surface area contributed by atoms with Gasteiger partial charge in [0.25, 0.3) is 0 Å². The van der Waals surface area contributed by atoms with Crippen LogP contribution in [0, 0.1) is 0 Å². The molecule has 0 saturated carbocycles. The number of H-pyrrole nitrogens is 1. The predicted molar refractivity (Wildman–Crippen MR) is 55.9 cm³/mol. The summed E-state index contributed by atoms with van der Waals surface area (Å²) in [5.41, 5.74) is 0.659. The van der Waals surface area contributed by atoms with Gasteiger partial charge in [-0.1, -0.05) is 0 Å². The summed E-state index contributed by atoms with van der Waals surface area (Å²) in [6, 6.07) is -1.40. The van der Waals surface area contributed by atoms with Gasteiger partial charge >= 0.3 is 12.0 Å². The Hall–Kier alpha value is -2.05. The number of imidazole rings is 1. The van der Waals surface area contributed by atoms with Crippen LogP contribution in [-0.2, 0) is 11.2 Å². The van der Waals surface area contributed by atoms with E-state index < -0.39 is 18.0 Å². The molecule has 0 saturated heterocycles. The largest absolute Gasteiger partial charge is 0.480 e. The number of carbonyl (C=O) groups excluding carboxylic acids is 1. The number of nitrogens with zero attached hydrogens (tertiary/aromatic N) is 2. The summed E-state index contributed by atoms with van der Waals surface area (Å²) in [5.74, 6) is -1.08. The fraction of sp³-hybridized carbons (Fsp3) is 0.444. The van der Waals surface area contributed by atoms with Gasteiger partial charge in [-0.3, -0.25) is 0 Å². The zero-order chi connectivity index (χ0) is 12.1. The molecule has 0 unspecified atom stereocenters. The van der Waals surface area contributed by atoms with E-state index >= 15 is 0 Å². The lowest BCUT2D eigenvalue weighted by molar-refractivity contribution is -0.139. The first-order valence-corrected chi connectivity index (χ1v) is 4.68. The maximum atomic E-state index is 11.3. The van der Waals surface area contributed by atoms with Gasteiger partial charge in [-0.25, -0.2) is 14.6 Å². The normalized spacial score (nSPS) is 11.9. The highest BCUT2D eigenvalue weighted by Crippen LogP contribution is 1.99. The second-order valence-corrected chi connectivity index (χ2v) is 3.52. The van der Waals surface area contributed by atoms with Crippen LogP contribution in [0.4, 0.5) is 4.79 Å². The first kappa shape index (κ1) is 12.0. The molecule has 1 atom stereocenters. The highest BCUT2D eigenvalue weighted by molar-refractivity contribution is 5.82. The molecule has 0 spiro atoms. The monoisotopic (exact) mass is 226 g/mol. The number of amides is 2. The van der Waals surface area contributed by atoms with Gasteiger partial charge in [-0.15, -0.1) is 0 Å². The fourth-order valence-electron chi connectivity index (χ4n) is 1.09. The number of carboxylic acid groups (broad SMARTS) is 1. The number of aliphatic carboxylic acids is 1. The molecule has 1 heterocycles. The smallest absolute Gasteiger partial charge is 0.326 e. The molecule has 1 aromatic rings. The Morgan fingerprint density at radius 2 is 2.31 bits per heavy atom. The van der Waals surface area contributed by atoms with Crippen molar-refractivity contribution < 1.29 is 14.7 Å². The van der Waals surface area contributed by atoms with Crippen molar-refractivity contribution in [1.29, 1.82) is 0 Å². The molecule has 7 nitrogen and oxygen atoms in total. The summed E-state index contributed by atoms with van der Waals surface area (Å²) in [5, 5.41) is 11.3. The molecule has 2 amide bonds. The van der Waals surface area contributed by atoms with Crippen LogP contribution in [0.1, 0.15) is 5.69 Å². The molecule has 1 rings (SSSR count). The third-order valence-electron chi connectivity index (χ3n) is 1.98. The molecule has 7 heteroatoms. The summed E-state index contributed by atoms with van der Waals surface area (Å²) in [6.45, 7) is 0. The SMILES string of the molecule is CN(C)C(=O)N[C@@H](Cc1cnc[nH]1)C(=O)O. The summed E-state index contributed by atoms with van der Waals surface area (Å²) < 4.78 is 0. The van der Waals surface area contributed by atoms with Crippen molar-refractivity contribution in [2.75, 3.05) is 14.1 Å². The van der Waals surface area contributed by atoms with Gasteiger partial charge in [0, 0.05) is 32.4 Å². The van der Waals surface area contributed by atoms with Gasteiger partial charge in [0.05, 0.1) is 6.33 Å². The average Bonchev–Trinajstić information content (AvgIpc) is 2.68. The summed E-state index contributed by atoms with van der Waals surface area (Å²) >= 11 is 0. The van der Waals surface area contributed by atoms with Crippen LogP contribution in [-0.4, -0.2) is 52.1 Å². The standard InChI is InChI=1S/C9H14N4O3/c1-13(2)9(16)12-7(8(14)15)3-6-4-10-5-11-6/h4-5,7H,3H2,1-2H3,(H,10,11)(H,12,16)(H,14,15)/t7-/m0/s1. The third-order valence-corrected chi connectivity index (χ3v) is 1.98. The number of aromatic nitrogens is 2. The minimum atomic E-state index is -1.08. The lowest BCUT2D eigenvalue weighted by atomic mass is 10.2. The number of hydrogen-bond donors (Lipinski definition) is 3. The number of nitrogens with one attached hydrogen (secondary N) is 2. The molecular formula is C9H14N4O3. The fourth-order valence-corrected chi connectivity index (χ4v) is 1.09. The molecule has 88 valence electrons. The molecular weight excluding hydrogens is 212 g/mol. The predicted octanol–water partition coefficient (Wildman–Crippen LogP) is -0.323. The number of aromatic amines is 1. The number of carboxylic acids is 1.